The molecule has 0 saturated heterocycles. The number of hydrogen-bond donors (Lipinski definition) is 1. The van der Waals surface area contributed by atoms with Crippen molar-refractivity contribution in [1.82, 2.24) is 0 Å². The number of hydrogen-bond acceptors (Lipinski definition) is 7. The van der Waals surface area contributed by atoms with Crippen LogP contribution in [0, 0.1) is 0 Å². The quantitative estimate of drug-likeness (QED) is 0.0334. The normalized spacial score (nSPS) is 14.3. The van der Waals surface area contributed by atoms with E-state index in [-0.39, 0.29) is 19.2 Å². The van der Waals surface area contributed by atoms with Crippen molar-refractivity contribution in [2.24, 2.45) is 0 Å². The van der Waals surface area contributed by atoms with Crippen molar-refractivity contribution in [3.63, 3.8) is 0 Å². The Kier molecular flexibility index (Phi) is 24.9. The molecule has 0 aromatic rings. The molecule has 0 rings (SSSR count). The molecule has 0 aliphatic rings. The molecule has 0 spiro atoms. The Bertz CT molecular complexity index is 613. The average Bonchev–Trinajstić information content (AvgIpc) is 2.86. The number of nitrogens with zero attached hydrogens (tertiary/aromatic N) is 1. The lowest BCUT2D eigenvalue weighted by Gasteiger charge is -2.27. The summed E-state index contributed by atoms with van der Waals surface area (Å²) in [6, 6.07) is 0. The molecule has 0 radical (unpaired) electrons. The highest BCUT2D eigenvalue weighted by Gasteiger charge is 2.16. The zero-order chi connectivity index (χ0) is 29.2. The predicted octanol–water partition coefficient (Wildman–Crippen LogP) is 6.92. The minimum atomic E-state index is -4.49. The lowest BCUT2D eigenvalue weighted by Crippen LogP contribution is -2.37. The topological polar surface area (TPSA) is 105 Å². The first-order valence-electron chi connectivity index (χ1n) is 15.8. The lowest BCUT2D eigenvalue weighted by atomic mass is 10.0. The van der Waals surface area contributed by atoms with Crippen LogP contribution < -0.4 is 4.89 Å². The smallest absolute Gasteiger partial charge is 0.305 e. The van der Waals surface area contributed by atoms with Gasteiger partial charge in [-0.2, -0.15) is 0 Å². The Morgan fingerprint density at radius 1 is 0.718 bits per heavy atom. The van der Waals surface area contributed by atoms with Crippen LogP contribution in [0.15, 0.2) is 0 Å². The number of quaternary nitrogens is 1. The Morgan fingerprint density at radius 2 is 1.13 bits per heavy atom. The molecule has 8 nitrogen and oxygen atoms in total. The number of aliphatic hydroxyl groups excluding tert-OH is 1. The van der Waals surface area contributed by atoms with E-state index in [0.29, 0.717) is 17.4 Å². The Hall–Kier alpha value is -0.500. The fourth-order valence-corrected chi connectivity index (χ4v) is 5.03. The minimum Gasteiger partial charge on any atom is -0.756 e. The molecule has 0 aliphatic carbocycles. The van der Waals surface area contributed by atoms with Crippen LogP contribution in [0.25, 0.3) is 0 Å². The van der Waals surface area contributed by atoms with Crippen LogP contribution in [-0.4, -0.2) is 69.2 Å². The van der Waals surface area contributed by atoms with Gasteiger partial charge in [0.1, 0.15) is 25.9 Å². The van der Waals surface area contributed by atoms with Gasteiger partial charge in [-0.3, -0.25) is 9.36 Å². The van der Waals surface area contributed by atoms with E-state index in [1.807, 2.05) is 21.1 Å². The van der Waals surface area contributed by atoms with Crippen LogP contribution in [0.3, 0.4) is 0 Å². The highest BCUT2D eigenvalue weighted by Crippen LogP contribution is 2.38. The van der Waals surface area contributed by atoms with Gasteiger partial charge in [0.2, 0.25) is 0 Å². The number of carbonyl (C=O) groups excluding carboxylic acids is 1. The van der Waals surface area contributed by atoms with Crippen molar-refractivity contribution in [1.29, 1.82) is 0 Å². The summed E-state index contributed by atoms with van der Waals surface area (Å²) in [5, 5.41) is 9.83. The number of phosphoric acid groups is 1. The third-order valence-corrected chi connectivity index (χ3v) is 7.82. The Labute approximate surface area is 240 Å². The summed E-state index contributed by atoms with van der Waals surface area (Å²) in [7, 11) is 1.26. The highest BCUT2D eigenvalue weighted by molar-refractivity contribution is 7.45. The van der Waals surface area contributed by atoms with E-state index in [9.17, 15) is 19.4 Å². The molecule has 9 heteroatoms. The number of carbonyl (C=O) groups is 1. The van der Waals surface area contributed by atoms with E-state index in [1.165, 1.54) is 103 Å². The summed E-state index contributed by atoms with van der Waals surface area (Å²) < 4.78 is 26.7. The van der Waals surface area contributed by atoms with E-state index in [1.54, 1.807) is 0 Å². The number of ether oxygens (including phenoxy) is 1. The molecule has 0 aliphatic heterocycles. The summed E-state index contributed by atoms with van der Waals surface area (Å²) in [4.78, 5) is 23.6. The first kappa shape index (κ1) is 38.5. The maximum absolute atomic E-state index is 11.8. The Morgan fingerprint density at radius 3 is 1.54 bits per heavy atom. The summed E-state index contributed by atoms with van der Waals surface area (Å²) in [6.07, 6.45) is 23.8. The Balaban J connectivity index is 3.45. The molecule has 39 heavy (non-hydrogen) atoms. The molecule has 1 unspecified atom stereocenters. The minimum absolute atomic E-state index is 0.00516. The predicted molar refractivity (Wildman–Crippen MR) is 157 cm³/mol. The highest BCUT2D eigenvalue weighted by atomic mass is 31.2. The molecule has 2 atom stereocenters. The number of phosphoric ester groups is 1. The van der Waals surface area contributed by atoms with Gasteiger partial charge >= 0.3 is 5.97 Å². The number of esters is 1. The fourth-order valence-electron chi connectivity index (χ4n) is 4.30. The molecule has 234 valence electrons. The third kappa shape index (κ3) is 30.3. The molecular formula is C30H62NO7P. The summed E-state index contributed by atoms with van der Waals surface area (Å²) in [5.41, 5.74) is 0. The van der Waals surface area contributed by atoms with Crippen LogP contribution in [0.1, 0.15) is 135 Å². The number of aliphatic hydroxyl groups is 1. The molecule has 0 aromatic heterocycles. The summed E-state index contributed by atoms with van der Waals surface area (Å²) in [5.74, 6) is -0.384. The fraction of sp³-hybridized carbons (Fsp3) is 0.967. The molecule has 0 saturated carbocycles. The molecular weight excluding hydrogens is 523 g/mol. The van der Waals surface area contributed by atoms with E-state index < -0.39 is 20.5 Å². The van der Waals surface area contributed by atoms with E-state index >= 15 is 0 Å². The van der Waals surface area contributed by atoms with E-state index in [2.05, 4.69) is 11.4 Å². The van der Waals surface area contributed by atoms with Crippen molar-refractivity contribution < 1.29 is 37.6 Å². The van der Waals surface area contributed by atoms with Gasteiger partial charge in [-0.1, -0.05) is 122 Å². The van der Waals surface area contributed by atoms with Crippen molar-refractivity contribution in [2.45, 2.75) is 141 Å². The van der Waals surface area contributed by atoms with Crippen LogP contribution in [0.5, 0.6) is 0 Å². The van der Waals surface area contributed by atoms with Gasteiger partial charge in [0.05, 0.1) is 27.7 Å². The van der Waals surface area contributed by atoms with Crippen LogP contribution in [0.4, 0.5) is 0 Å². The first-order valence-corrected chi connectivity index (χ1v) is 17.3. The zero-order valence-corrected chi connectivity index (χ0v) is 26.7. The first-order chi connectivity index (χ1) is 18.6. The second kappa shape index (κ2) is 25.2. The van der Waals surface area contributed by atoms with Crippen LogP contribution in [0.2, 0.25) is 0 Å². The molecule has 0 amide bonds. The third-order valence-electron chi connectivity index (χ3n) is 6.86. The molecule has 1 N–H and O–H groups in total. The average molecular weight is 586 g/mol. The van der Waals surface area contributed by atoms with Gasteiger partial charge in [0.25, 0.3) is 7.82 Å². The monoisotopic (exact) mass is 585 g/mol. The zero-order valence-electron chi connectivity index (χ0n) is 25.8. The second-order valence-corrected chi connectivity index (χ2v) is 13.5. The number of unbranched alkanes of at least 4 members (excludes halogenated alkanes) is 18. The summed E-state index contributed by atoms with van der Waals surface area (Å²) >= 11 is 0. The van der Waals surface area contributed by atoms with Gasteiger partial charge < -0.3 is 28.3 Å². The maximum Gasteiger partial charge on any atom is 0.305 e. The SMILES string of the molecule is CCCCCCCCCCCCCCCC[13CH2][13CH2][13CH2][13CH2][13CH2][13C](=O)OC[C@@H](O)COP(=O)([O-])OCC[N+](C)(C)C. The second-order valence-electron chi connectivity index (χ2n) is 12.0. The molecule has 0 aromatic carbocycles. The largest absolute Gasteiger partial charge is 0.756 e. The van der Waals surface area contributed by atoms with Crippen LogP contribution >= 0.6 is 7.82 Å². The van der Waals surface area contributed by atoms with Gasteiger partial charge in [-0.05, 0) is 6.42 Å². The van der Waals surface area contributed by atoms with Gasteiger partial charge in [0.15, 0.2) is 0 Å². The van der Waals surface area contributed by atoms with Gasteiger partial charge in [-0.15, -0.1) is 0 Å². The standard InChI is InChI=1S/C30H62NO7P/c1-5-6-7-8-9-10-11-12-13-14-15-16-17-18-19-20-21-22-23-24-30(33)36-27-29(32)28-38-39(34,35)37-26-25-31(2,3)4/h29,32H,5-28H2,1-4H3/t29-/m1/s1/i20+1,21+1,22+1,23+1,24+1,30+1. The number of rotatable bonds is 29. The number of likely N-dealkylation sites (N-methyl/N-ethyl adjacent to an activating group) is 1. The van der Waals surface area contributed by atoms with Crippen molar-refractivity contribution in [2.75, 3.05) is 47.5 Å². The van der Waals surface area contributed by atoms with Gasteiger partial charge in [0, 0.05) is 6.42 Å². The lowest BCUT2D eigenvalue weighted by molar-refractivity contribution is -0.870. The van der Waals surface area contributed by atoms with Crippen molar-refractivity contribution >= 4 is 13.8 Å². The van der Waals surface area contributed by atoms with Crippen molar-refractivity contribution in [3.8, 4) is 0 Å². The summed E-state index contributed by atoms with van der Waals surface area (Å²) in [6.45, 7) is 1.96. The maximum atomic E-state index is 11.8. The molecule has 0 fully saturated rings. The molecule has 0 heterocycles. The van der Waals surface area contributed by atoms with E-state index in [4.69, 9.17) is 9.26 Å². The van der Waals surface area contributed by atoms with Crippen molar-refractivity contribution in [3.05, 3.63) is 0 Å². The van der Waals surface area contributed by atoms with Gasteiger partial charge in [-0.25, -0.2) is 0 Å². The molecule has 0 bridgehead atoms. The van der Waals surface area contributed by atoms with Crippen LogP contribution in [-0.2, 0) is 23.1 Å². The van der Waals surface area contributed by atoms with E-state index in [0.717, 1.165) is 19.3 Å².